The van der Waals surface area contributed by atoms with Crippen LogP contribution in [0, 0.1) is 17.0 Å². The van der Waals surface area contributed by atoms with Crippen molar-refractivity contribution in [1.82, 2.24) is 14.8 Å². The molecule has 0 aliphatic carbocycles. The molecule has 0 unspecified atom stereocenters. The highest BCUT2D eigenvalue weighted by Gasteiger charge is 2.16. The third-order valence-electron chi connectivity index (χ3n) is 4.15. The Kier molecular flexibility index (Phi) is 6.86. The lowest BCUT2D eigenvalue weighted by molar-refractivity contribution is -0.385. The average molecular weight is 444 g/mol. The van der Waals surface area contributed by atoms with Gasteiger partial charge in [-0.05, 0) is 37.3 Å². The number of aryl methyl sites for hydroxylation is 1. The van der Waals surface area contributed by atoms with Gasteiger partial charge < -0.3 is 5.32 Å². The molecular weight excluding hydrogens is 426 g/mol. The van der Waals surface area contributed by atoms with Crippen molar-refractivity contribution in [3.05, 3.63) is 75.8 Å². The number of carbonyl (C=O) groups is 1. The lowest BCUT2D eigenvalue weighted by atomic mass is 10.2. The third-order valence-corrected chi connectivity index (χ3v) is 5.37. The minimum absolute atomic E-state index is 0.0428. The van der Waals surface area contributed by atoms with Gasteiger partial charge in [-0.1, -0.05) is 35.5 Å². The Bertz CT molecular complexity index is 1100. The number of amides is 1. The van der Waals surface area contributed by atoms with Crippen LogP contribution in [0.25, 0.3) is 11.4 Å². The smallest absolute Gasteiger partial charge is 0.274 e. The van der Waals surface area contributed by atoms with Crippen molar-refractivity contribution in [2.24, 2.45) is 0 Å². The average Bonchev–Trinajstić information content (AvgIpc) is 3.11. The Hall–Kier alpha value is -3.17. The number of rotatable bonds is 8. The molecule has 1 N–H and O–H groups in total. The molecule has 0 saturated carbocycles. The summed E-state index contributed by atoms with van der Waals surface area (Å²) in [5, 5.41) is 23.3. The second kappa shape index (κ2) is 9.55. The first-order chi connectivity index (χ1) is 14.4. The molecule has 30 heavy (non-hydrogen) atoms. The molecule has 2 aromatic carbocycles. The molecule has 1 amide bonds. The van der Waals surface area contributed by atoms with Crippen LogP contribution in [0.4, 0.5) is 11.4 Å². The fourth-order valence-electron chi connectivity index (χ4n) is 2.71. The number of halogens is 1. The van der Waals surface area contributed by atoms with Gasteiger partial charge in [-0.2, -0.15) is 0 Å². The van der Waals surface area contributed by atoms with Gasteiger partial charge in [-0.25, -0.2) is 0 Å². The number of hydrogen-bond donors (Lipinski definition) is 1. The summed E-state index contributed by atoms with van der Waals surface area (Å²) < 4.78 is 1.85. The van der Waals surface area contributed by atoms with Crippen LogP contribution >= 0.6 is 23.4 Å². The van der Waals surface area contributed by atoms with E-state index in [0.717, 1.165) is 5.56 Å². The van der Waals surface area contributed by atoms with E-state index in [1.807, 2.05) is 16.7 Å². The summed E-state index contributed by atoms with van der Waals surface area (Å²) in [6.45, 7) is 5.88. The summed E-state index contributed by atoms with van der Waals surface area (Å²) in [6.07, 6.45) is 1.72. The molecule has 8 nitrogen and oxygen atoms in total. The predicted octanol–water partition coefficient (Wildman–Crippen LogP) is 4.73. The fourth-order valence-corrected chi connectivity index (χ4v) is 3.59. The zero-order chi connectivity index (χ0) is 21.7. The number of carbonyl (C=O) groups excluding carboxylic acids is 1. The quantitative estimate of drug-likeness (QED) is 0.233. The van der Waals surface area contributed by atoms with Crippen molar-refractivity contribution in [3.63, 3.8) is 0 Å². The number of allylic oxidation sites excluding steroid dienone is 1. The maximum atomic E-state index is 12.3. The number of nitro groups is 1. The van der Waals surface area contributed by atoms with E-state index >= 15 is 0 Å². The Labute approximate surface area is 182 Å². The van der Waals surface area contributed by atoms with Gasteiger partial charge in [0.05, 0.1) is 10.7 Å². The van der Waals surface area contributed by atoms with Gasteiger partial charge in [0.15, 0.2) is 11.0 Å². The number of nitrogens with one attached hydrogen (secondary N) is 1. The Morgan fingerprint density at radius 3 is 2.70 bits per heavy atom. The van der Waals surface area contributed by atoms with Gasteiger partial charge >= 0.3 is 0 Å². The minimum atomic E-state index is -0.476. The molecule has 1 aromatic heterocycles. The van der Waals surface area contributed by atoms with Gasteiger partial charge in [0.25, 0.3) is 5.69 Å². The van der Waals surface area contributed by atoms with Crippen molar-refractivity contribution in [1.29, 1.82) is 0 Å². The van der Waals surface area contributed by atoms with Crippen LogP contribution in [-0.2, 0) is 11.3 Å². The monoisotopic (exact) mass is 443 g/mol. The summed E-state index contributed by atoms with van der Waals surface area (Å²) in [5.74, 6) is 0.403. The predicted molar refractivity (Wildman–Crippen MR) is 118 cm³/mol. The summed E-state index contributed by atoms with van der Waals surface area (Å²) in [6, 6.07) is 11.8. The summed E-state index contributed by atoms with van der Waals surface area (Å²) >= 11 is 7.16. The van der Waals surface area contributed by atoms with Crippen LogP contribution in [0.5, 0.6) is 0 Å². The van der Waals surface area contributed by atoms with Gasteiger partial charge in [0.2, 0.25) is 5.91 Å². The van der Waals surface area contributed by atoms with Gasteiger partial charge in [-0.3, -0.25) is 19.5 Å². The minimum Gasteiger partial charge on any atom is -0.325 e. The molecule has 0 saturated heterocycles. The zero-order valence-corrected chi connectivity index (χ0v) is 17.6. The number of hydrogen-bond acceptors (Lipinski definition) is 6. The molecule has 3 rings (SSSR count). The Morgan fingerprint density at radius 1 is 1.30 bits per heavy atom. The number of nitro benzene ring substituents is 1. The van der Waals surface area contributed by atoms with E-state index < -0.39 is 4.92 Å². The van der Waals surface area contributed by atoms with Gasteiger partial charge in [-0.15, -0.1) is 16.8 Å². The molecule has 1 heterocycles. The Balaban J connectivity index is 1.71. The number of benzene rings is 2. The second-order valence-electron chi connectivity index (χ2n) is 6.31. The van der Waals surface area contributed by atoms with Crippen molar-refractivity contribution in [2.45, 2.75) is 18.6 Å². The molecule has 0 radical (unpaired) electrons. The standard InChI is InChI=1S/C20H18ClN5O3S/c1-3-10-25-19(14-5-7-15(21)8-6-14)23-24-20(25)30-12-18(27)22-16-9-4-13(2)17(11-16)26(28)29/h3-9,11H,1,10,12H2,2H3,(H,22,27). The first-order valence-electron chi connectivity index (χ1n) is 8.86. The van der Waals surface area contributed by atoms with Gasteiger partial charge in [0, 0.05) is 34.4 Å². The number of thioether (sulfide) groups is 1. The fraction of sp³-hybridized carbons (Fsp3) is 0.150. The molecule has 0 bridgehead atoms. The van der Waals surface area contributed by atoms with E-state index in [4.69, 9.17) is 11.6 Å². The largest absolute Gasteiger partial charge is 0.325 e. The van der Waals surface area contributed by atoms with E-state index in [1.165, 1.54) is 17.8 Å². The molecule has 154 valence electrons. The van der Waals surface area contributed by atoms with Gasteiger partial charge in [0.1, 0.15) is 0 Å². The summed E-state index contributed by atoms with van der Waals surface area (Å²) in [4.78, 5) is 22.9. The van der Waals surface area contributed by atoms with E-state index in [0.29, 0.717) is 33.8 Å². The third kappa shape index (κ3) is 5.05. The van der Waals surface area contributed by atoms with Crippen LogP contribution in [0.15, 0.2) is 60.3 Å². The van der Waals surface area contributed by atoms with Crippen LogP contribution in [0.3, 0.4) is 0 Å². The van der Waals surface area contributed by atoms with E-state index in [-0.39, 0.29) is 17.3 Å². The summed E-state index contributed by atoms with van der Waals surface area (Å²) in [7, 11) is 0. The molecule has 0 aliphatic rings. The molecule has 0 spiro atoms. The number of nitrogens with zero attached hydrogens (tertiary/aromatic N) is 4. The Morgan fingerprint density at radius 2 is 2.03 bits per heavy atom. The second-order valence-corrected chi connectivity index (χ2v) is 7.69. The van der Waals surface area contributed by atoms with Crippen molar-refractivity contribution in [3.8, 4) is 11.4 Å². The van der Waals surface area contributed by atoms with Crippen molar-refractivity contribution in [2.75, 3.05) is 11.1 Å². The van der Waals surface area contributed by atoms with Crippen LogP contribution in [0.1, 0.15) is 5.56 Å². The van der Waals surface area contributed by atoms with E-state index in [9.17, 15) is 14.9 Å². The highest BCUT2D eigenvalue weighted by Crippen LogP contribution is 2.26. The van der Waals surface area contributed by atoms with Crippen LogP contribution < -0.4 is 5.32 Å². The van der Waals surface area contributed by atoms with E-state index in [2.05, 4.69) is 22.1 Å². The SMILES string of the molecule is C=CCn1c(SCC(=O)Nc2ccc(C)c([N+](=O)[O-])c2)nnc1-c1ccc(Cl)cc1. The summed E-state index contributed by atoms with van der Waals surface area (Å²) in [5.41, 5.74) is 1.70. The lowest BCUT2D eigenvalue weighted by Gasteiger charge is -2.08. The maximum absolute atomic E-state index is 12.3. The van der Waals surface area contributed by atoms with Crippen molar-refractivity contribution >= 4 is 40.6 Å². The molecule has 3 aromatic rings. The molecule has 0 fully saturated rings. The first kappa shape index (κ1) is 21.5. The molecular formula is C20H18ClN5O3S. The van der Waals surface area contributed by atoms with E-state index in [1.54, 1.807) is 37.3 Å². The highest BCUT2D eigenvalue weighted by molar-refractivity contribution is 7.99. The lowest BCUT2D eigenvalue weighted by Crippen LogP contribution is -2.15. The molecule has 0 atom stereocenters. The molecule has 10 heteroatoms. The normalized spacial score (nSPS) is 10.6. The maximum Gasteiger partial charge on any atom is 0.274 e. The highest BCUT2D eigenvalue weighted by atomic mass is 35.5. The first-order valence-corrected chi connectivity index (χ1v) is 10.2. The van der Waals surface area contributed by atoms with Crippen molar-refractivity contribution < 1.29 is 9.72 Å². The number of anilines is 1. The molecule has 0 aliphatic heterocycles. The van der Waals surface area contributed by atoms with Crippen LogP contribution in [0.2, 0.25) is 5.02 Å². The van der Waals surface area contributed by atoms with Crippen LogP contribution in [-0.4, -0.2) is 31.3 Å². The number of aromatic nitrogens is 3. The topological polar surface area (TPSA) is 103 Å². The zero-order valence-electron chi connectivity index (χ0n) is 16.0.